The molecule has 1 aliphatic heterocycles. The fraction of sp³-hybridized carbons (Fsp3) is 0.0417. The molecule has 0 spiro atoms. The fourth-order valence-electron chi connectivity index (χ4n) is 2.97. The van der Waals surface area contributed by atoms with Gasteiger partial charge in [-0.3, -0.25) is 9.59 Å². The summed E-state index contributed by atoms with van der Waals surface area (Å²) in [6.45, 7) is 0.243. The number of amides is 2. The Bertz CT molecular complexity index is 1370. The minimum atomic E-state index is -0.474. The van der Waals surface area contributed by atoms with Crippen LogP contribution in [0.3, 0.4) is 0 Å². The van der Waals surface area contributed by atoms with Crippen LogP contribution in [0.4, 0.5) is 0 Å². The highest BCUT2D eigenvalue weighted by molar-refractivity contribution is 9.11. The summed E-state index contributed by atoms with van der Waals surface area (Å²) in [5.74, 6) is -0.237. The van der Waals surface area contributed by atoms with E-state index in [1.165, 1.54) is 0 Å². The van der Waals surface area contributed by atoms with Gasteiger partial charge in [0.1, 0.15) is 12.4 Å². The second kappa shape index (κ2) is 11.5. The molecule has 3 aromatic carbocycles. The van der Waals surface area contributed by atoms with Gasteiger partial charge >= 0.3 is 0 Å². The number of aliphatic imine (C=N–C) groups is 1. The maximum absolute atomic E-state index is 12.4. The van der Waals surface area contributed by atoms with Gasteiger partial charge in [-0.2, -0.15) is 4.99 Å². The summed E-state index contributed by atoms with van der Waals surface area (Å²) in [6, 6.07) is 15.2. The lowest BCUT2D eigenvalue weighted by molar-refractivity contribution is -0.115. The third-order valence-electron chi connectivity index (χ3n) is 4.65. The van der Waals surface area contributed by atoms with E-state index in [9.17, 15) is 9.59 Å². The van der Waals surface area contributed by atoms with Crippen molar-refractivity contribution in [1.82, 2.24) is 5.32 Å². The molecule has 35 heavy (non-hydrogen) atoms. The number of nitrogens with zero attached hydrogens (tertiary/aromatic N) is 1. The number of carbonyl (C=O) groups is 2. The number of amidine groups is 1. The molecule has 5 nitrogen and oxygen atoms in total. The molecule has 0 radical (unpaired) electrons. The highest BCUT2D eigenvalue weighted by Crippen LogP contribution is 2.37. The van der Waals surface area contributed by atoms with Gasteiger partial charge in [-0.25, -0.2) is 0 Å². The van der Waals surface area contributed by atoms with Crippen LogP contribution in [0.1, 0.15) is 21.5 Å². The molecule has 1 fully saturated rings. The molecule has 0 atom stereocenters. The van der Waals surface area contributed by atoms with E-state index >= 15 is 0 Å². The van der Waals surface area contributed by atoms with E-state index in [1.807, 2.05) is 12.1 Å². The summed E-state index contributed by atoms with van der Waals surface area (Å²) in [7, 11) is 0. The van der Waals surface area contributed by atoms with Gasteiger partial charge < -0.3 is 10.1 Å². The molecule has 11 heteroatoms. The number of hydrogen-bond acceptors (Lipinski definition) is 4. The SMILES string of the molecule is O=C1NC(=NC(=O)c2ccc(Cl)cc2)S/C1=C\c1cc(Br)c(OCc2ccc(Cl)cc2Cl)c(Br)c1. The summed E-state index contributed by atoms with van der Waals surface area (Å²) in [5.41, 5.74) is 1.90. The van der Waals surface area contributed by atoms with E-state index in [1.54, 1.807) is 48.5 Å². The molecule has 0 unspecified atom stereocenters. The van der Waals surface area contributed by atoms with Crippen molar-refractivity contribution in [2.75, 3.05) is 0 Å². The Labute approximate surface area is 237 Å². The van der Waals surface area contributed by atoms with Crippen LogP contribution in [0.15, 0.2) is 73.4 Å². The zero-order valence-electron chi connectivity index (χ0n) is 17.5. The largest absolute Gasteiger partial charge is 0.486 e. The number of carbonyl (C=O) groups excluding carboxylic acids is 2. The van der Waals surface area contributed by atoms with Crippen LogP contribution in [-0.4, -0.2) is 17.0 Å². The molecular weight excluding hydrogens is 663 g/mol. The van der Waals surface area contributed by atoms with Gasteiger partial charge in [-0.05, 0) is 104 Å². The molecule has 4 rings (SSSR count). The van der Waals surface area contributed by atoms with Crippen LogP contribution in [0, 0.1) is 0 Å². The number of nitrogens with one attached hydrogen (secondary N) is 1. The molecule has 1 aliphatic rings. The summed E-state index contributed by atoms with van der Waals surface area (Å²) >= 11 is 26.1. The summed E-state index contributed by atoms with van der Waals surface area (Å²) < 4.78 is 7.30. The fourth-order valence-corrected chi connectivity index (χ4v) is 5.83. The van der Waals surface area contributed by atoms with E-state index in [-0.39, 0.29) is 17.7 Å². The van der Waals surface area contributed by atoms with E-state index in [4.69, 9.17) is 39.5 Å². The highest BCUT2D eigenvalue weighted by Gasteiger charge is 2.25. The van der Waals surface area contributed by atoms with Crippen LogP contribution >= 0.6 is 78.4 Å². The molecule has 0 saturated carbocycles. The first kappa shape index (κ1) is 26.3. The Morgan fingerprint density at radius 2 is 1.66 bits per heavy atom. The lowest BCUT2D eigenvalue weighted by Gasteiger charge is -2.12. The smallest absolute Gasteiger partial charge is 0.279 e. The van der Waals surface area contributed by atoms with E-state index in [0.29, 0.717) is 40.2 Å². The highest BCUT2D eigenvalue weighted by atomic mass is 79.9. The van der Waals surface area contributed by atoms with Gasteiger partial charge in [0, 0.05) is 26.2 Å². The summed E-state index contributed by atoms with van der Waals surface area (Å²) in [4.78, 5) is 29.2. The predicted molar refractivity (Wildman–Crippen MR) is 150 cm³/mol. The molecule has 178 valence electrons. The van der Waals surface area contributed by atoms with Crippen molar-refractivity contribution >= 4 is 101 Å². The summed E-state index contributed by atoms with van der Waals surface area (Å²) in [6.07, 6.45) is 1.70. The van der Waals surface area contributed by atoms with Crippen molar-refractivity contribution in [2.24, 2.45) is 4.99 Å². The number of hydrogen-bond donors (Lipinski definition) is 1. The van der Waals surface area contributed by atoms with Gasteiger partial charge in [-0.1, -0.05) is 40.9 Å². The standard InChI is InChI=1S/C24H13Br2Cl3N2O3S/c25-17-7-12(8-18(26)21(17)34-11-14-3-6-16(28)10-19(14)29)9-20-23(33)31-24(35-20)30-22(32)13-1-4-15(27)5-2-13/h1-10H,11H2,(H,30,31,32,33)/b20-9-. The van der Waals surface area contributed by atoms with Gasteiger partial charge in [-0.15, -0.1) is 0 Å². The number of benzene rings is 3. The van der Waals surface area contributed by atoms with E-state index < -0.39 is 5.91 Å². The lowest BCUT2D eigenvalue weighted by Crippen LogP contribution is -2.20. The Morgan fingerprint density at radius 3 is 2.31 bits per heavy atom. The molecule has 2 amide bonds. The third kappa shape index (κ3) is 6.70. The second-order valence-corrected chi connectivity index (χ2v) is 11.2. The Balaban J connectivity index is 1.48. The Morgan fingerprint density at radius 1 is 1.00 bits per heavy atom. The zero-order chi connectivity index (χ0) is 25.1. The molecule has 0 bridgehead atoms. The van der Waals surface area contributed by atoms with Crippen LogP contribution in [0.5, 0.6) is 5.75 Å². The Hall–Kier alpha value is -1.81. The Kier molecular flexibility index (Phi) is 8.63. The van der Waals surface area contributed by atoms with Crippen molar-refractivity contribution in [3.05, 3.63) is 100 Å². The quantitative estimate of drug-likeness (QED) is 0.278. The van der Waals surface area contributed by atoms with Gasteiger partial charge in [0.05, 0.1) is 13.9 Å². The monoisotopic (exact) mass is 672 g/mol. The van der Waals surface area contributed by atoms with Gasteiger partial charge in [0.2, 0.25) is 0 Å². The van der Waals surface area contributed by atoms with E-state index in [2.05, 4.69) is 42.2 Å². The van der Waals surface area contributed by atoms with Crippen LogP contribution < -0.4 is 10.1 Å². The van der Waals surface area contributed by atoms with Crippen LogP contribution in [0.25, 0.3) is 6.08 Å². The minimum absolute atomic E-state index is 0.208. The molecule has 0 aliphatic carbocycles. The maximum atomic E-state index is 12.4. The molecular formula is C24H13Br2Cl3N2O3S. The second-order valence-electron chi connectivity index (χ2n) is 7.13. The first-order valence-electron chi connectivity index (χ1n) is 9.85. The third-order valence-corrected chi connectivity index (χ3v) is 7.58. The molecule has 1 N–H and O–H groups in total. The number of halogens is 5. The number of thioether (sulfide) groups is 1. The van der Waals surface area contributed by atoms with Crippen molar-refractivity contribution in [1.29, 1.82) is 0 Å². The molecule has 0 aromatic heterocycles. The molecule has 1 saturated heterocycles. The zero-order valence-corrected chi connectivity index (χ0v) is 23.7. The van der Waals surface area contributed by atoms with Gasteiger partial charge in [0.25, 0.3) is 11.8 Å². The maximum Gasteiger partial charge on any atom is 0.279 e. The number of ether oxygens (including phenoxy) is 1. The first-order chi connectivity index (χ1) is 16.7. The van der Waals surface area contributed by atoms with Crippen molar-refractivity contribution in [3.8, 4) is 5.75 Å². The average Bonchev–Trinajstić information content (AvgIpc) is 3.13. The van der Waals surface area contributed by atoms with Crippen LogP contribution in [0.2, 0.25) is 15.1 Å². The van der Waals surface area contributed by atoms with Crippen molar-refractivity contribution < 1.29 is 14.3 Å². The average molecular weight is 676 g/mol. The van der Waals surface area contributed by atoms with Gasteiger partial charge in [0.15, 0.2) is 5.17 Å². The molecule has 3 aromatic rings. The normalized spacial score (nSPS) is 15.5. The van der Waals surface area contributed by atoms with Crippen molar-refractivity contribution in [2.45, 2.75) is 6.61 Å². The minimum Gasteiger partial charge on any atom is -0.486 e. The van der Waals surface area contributed by atoms with E-state index in [0.717, 1.165) is 22.9 Å². The topological polar surface area (TPSA) is 67.8 Å². The van der Waals surface area contributed by atoms with Crippen LogP contribution in [-0.2, 0) is 11.4 Å². The predicted octanol–water partition coefficient (Wildman–Crippen LogP) is 8.15. The lowest BCUT2D eigenvalue weighted by atomic mass is 10.2. The molecule has 1 heterocycles. The number of rotatable bonds is 5. The summed E-state index contributed by atoms with van der Waals surface area (Å²) in [5, 5.41) is 4.41. The first-order valence-corrected chi connectivity index (χ1v) is 13.4. The van der Waals surface area contributed by atoms with Crippen molar-refractivity contribution in [3.63, 3.8) is 0 Å².